The number of carbonyl (C=O) groups excluding carboxylic acids is 7. The Kier molecular flexibility index (Phi) is 20.3. The van der Waals surface area contributed by atoms with Gasteiger partial charge in [-0.3, -0.25) is 33.6 Å². The topological polar surface area (TPSA) is 248 Å². The van der Waals surface area contributed by atoms with Crippen LogP contribution in [0.5, 0.6) is 5.75 Å². The van der Waals surface area contributed by atoms with Crippen LogP contribution in [0.15, 0.2) is 85.1 Å². The standard InChI is InChI=1S/C57H66F7N9O8/c1-30(2)18-45(53(79)70-46(24-36-28-66-44-11-8-7-10-41(36)44)52(78)67-27-35-21-37(56(59,60)61)25-38(22-35)57(62,63)64)71-54(80)47-12-9-17-73(47)55(81)48(23-34-13-15-39(58)16-14-34)72(6)49(75)29-68-50(76)33(5)69-51(77)43(65)26-42-31(3)19-40(74)20-32(42)4/h7-8,10-11,13-16,19-22,25,28,30,33,43,45-48,66,74H,9,12,17-18,23-24,26-27,29,65H2,1-6H3,(H,67,78)(H,68,76)(H,69,77)(H,70,79)(H,71,80)/t33-,43-,45-,46-,47-,48-/m0/s1. The summed E-state index contributed by atoms with van der Waals surface area (Å²) in [7, 11) is 1.31. The van der Waals surface area contributed by atoms with E-state index in [1.54, 1.807) is 58.2 Å². The van der Waals surface area contributed by atoms with Gasteiger partial charge in [0.05, 0.1) is 23.7 Å². The molecule has 0 saturated carbocycles. The molecule has 81 heavy (non-hydrogen) atoms. The molecule has 9 N–H and O–H groups in total. The van der Waals surface area contributed by atoms with E-state index in [1.165, 1.54) is 43.1 Å². The number of rotatable bonds is 22. The van der Waals surface area contributed by atoms with Crippen LogP contribution in [0.1, 0.15) is 84.5 Å². The lowest BCUT2D eigenvalue weighted by atomic mass is 9.96. The van der Waals surface area contributed by atoms with Crippen molar-refractivity contribution in [2.45, 2.75) is 128 Å². The number of aromatic amines is 1. The van der Waals surface area contributed by atoms with Crippen LogP contribution in [-0.2, 0) is 71.7 Å². The van der Waals surface area contributed by atoms with E-state index < -0.39 is 126 Å². The van der Waals surface area contributed by atoms with E-state index in [-0.39, 0.29) is 56.4 Å². The highest BCUT2D eigenvalue weighted by Crippen LogP contribution is 2.36. The fraction of sp³-hybridized carbons (Fsp3) is 0.421. The summed E-state index contributed by atoms with van der Waals surface area (Å²) in [6.07, 6.45) is -8.58. The molecular weight excluding hydrogens is 1070 g/mol. The minimum atomic E-state index is -5.15. The number of hydrogen-bond donors (Lipinski definition) is 8. The van der Waals surface area contributed by atoms with Gasteiger partial charge in [0, 0.05) is 50.1 Å². The molecule has 1 aliphatic heterocycles. The number of nitrogens with zero attached hydrogens (tertiary/aromatic N) is 2. The third-order valence-electron chi connectivity index (χ3n) is 14.1. The van der Waals surface area contributed by atoms with Crippen LogP contribution in [0.4, 0.5) is 30.7 Å². The number of carbonyl (C=O) groups is 7. The number of nitrogens with two attached hydrogens (primary N) is 1. The Balaban J connectivity index is 1.16. The first-order chi connectivity index (χ1) is 38.0. The van der Waals surface area contributed by atoms with Gasteiger partial charge >= 0.3 is 12.4 Å². The van der Waals surface area contributed by atoms with Crippen molar-refractivity contribution in [2.24, 2.45) is 11.7 Å². The smallest absolute Gasteiger partial charge is 0.416 e. The molecule has 5 aromatic rings. The van der Waals surface area contributed by atoms with Gasteiger partial charge in [0.2, 0.25) is 41.4 Å². The molecule has 24 heteroatoms. The molecule has 436 valence electrons. The number of aromatic nitrogens is 1. The predicted octanol–water partition coefficient (Wildman–Crippen LogP) is 5.79. The van der Waals surface area contributed by atoms with E-state index in [1.807, 2.05) is 0 Å². The van der Waals surface area contributed by atoms with Gasteiger partial charge in [-0.2, -0.15) is 26.3 Å². The summed E-state index contributed by atoms with van der Waals surface area (Å²) in [6.45, 7) is 7.01. The second kappa shape index (κ2) is 26.5. The van der Waals surface area contributed by atoms with Crippen molar-refractivity contribution in [3.8, 4) is 5.75 Å². The molecular formula is C57H66F7N9O8. The molecule has 0 radical (unpaired) electrons. The highest BCUT2D eigenvalue weighted by molar-refractivity contribution is 5.97. The number of aromatic hydroxyl groups is 1. The number of para-hydroxylation sites is 1. The highest BCUT2D eigenvalue weighted by atomic mass is 19.4. The summed E-state index contributed by atoms with van der Waals surface area (Å²) in [6, 6.07) is 8.48. The quantitative estimate of drug-likeness (QED) is 0.0390. The zero-order valence-electron chi connectivity index (χ0n) is 45.4. The molecule has 4 aromatic carbocycles. The van der Waals surface area contributed by atoms with Crippen molar-refractivity contribution in [3.63, 3.8) is 0 Å². The highest BCUT2D eigenvalue weighted by Gasteiger charge is 2.42. The number of hydrogen-bond acceptors (Lipinski definition) is 9. The number of likely N-dealkylation sites (tertiary alicyclic amines) is 1. The Labute approximate surface area is 462 Å². The zero-order chi connectivity index (χ0) is 59.7. The van der Waals surface area contributed by atoms with Crippen molar-refractivity contribution in [1.82, 2.24) is 41.4 Å². The zero-order valence-corrected chi connectivity index (χ0v) is 45.4. The summed E-state index contributed by atoms with van der Waals surface area (Å²) < 4.78 is 96.4. The summed E-state index contributed by atoms with van der Waals surface area (Å²) in [5.74, 6) is -6.25. The van der Waals surface area contributed by atoms with Crippen LogP contribution in [0.25, 0.3) is 10.9 Å². The average molecular weight is 1140 g/mol. The van der Waals surface area contributed by atoms with E-state index in [9.17, 15) is 69.4 Å². The molecule has 0 unspecified atom stereocenters. The third kappa shape index (κ3) is 16.5. The van der Waals surface area contributed by atoms with Gasteiger partial charge in [-0.15, -0.1) is 0 Å². The number of aryl methyl sites for hydroxylation is 2. The van der Waals surface area contributed by atoms with Gasteiger partial charge in [-0.1, -0.05) is 44.2 Å². The second-order valence-electron chi connectivity index (χ2n) is 20.8. The summed E-state index contributed by atoms with van der Waals surface area (Å²) >= 11 is 0. The molecule has 0 aliphatic carbocycles. The first kappa shape index (κ1) is 62.2. The summed E-state index contributed by atoms with van der Waals surface area (Å²) in [4.78, 5) is 103. The SMILES string of the molecule is Cc1cc(O)cc(C)c1C[C@H](N)C(=O)N[C@@H](C)C(=O)NCC(=O)N(C)[C@@H](Cc1ccc(F)cc1)C(=O)N1CCC[C@H]1C(=O)N[C@@H](CC(C)C)C(=O)N[C@@H](Cc1c[nH]c2ccccc12)C(=O)NCc1cc(C(F)(F)F)cc(C(F)(F)F)c1. The fourth-order valence-electron chi connectivity index (χ4n) is 9.74. The Bertz CT molecular complexity index is 3060. The molecule has 2 heterocycles. The van der Waals surface area contributed by atoms with Gasteiger partial charge < -0.3 is 52.2 Å². The number of likely N-dealkylation sites (N-methyl/N-ethyl adjacent to an activating group) is 1. The number of phenolic OH excluding ortho intramolecular Hbond substituents is 1. The number of amides is 7. The molecule has 17 nitrogen and oxygen atoms in total. The first-order valence-corrected chi connectivity index (χ1v) is 26.2. The molecule has 0 spiro atoms. The predicted molar refractivity (Wildman–Crippen MR) is 285 cm³/mol. The van der Waals surface area contributed by atoms with E-state index in [0.717, 1.165) is 33.7 Å². The normalized spacial score (nSPS) is 15.5. The lowest BCUT2D eigenvalue weighted by molar-refractivity contribution is -0.147. The van der Waals surface area contributed by atoms with E-state index in [0.29, 0.717) is 40.6 Å². The van der Waals surface area contributed by atoms with Crippen molar-refractivity contribution in [3.05, 3.63) is 135 Å². The third-order valence-corrected chi connectivity index (χ3v) is 14.1. The molecule has 1 aromatic heterocycles. The maximum absolute atomic E-state index is 14.7. The van der Waals surface area contributed by atoms with Crippen molar-refractivity contribution >= 4 is 52.3 Å². The molecule has 1 fully saturated rings. The number of benzene rings is 4. The lowest BCUT2D eigenvalue weighted by Gasteiger charge is -2.34. The van der Waals surface area contributed by atoms with Crippen LogP contribution in [-0.4, -0.2) is 118 Å². The van der Waals surface area contributed by atoms with Gasteiger partial charge in [0.1, 0.15) is 41.8 Å². The van der Waals surface area contributed by atoms with Crippen LogP contribution in [0.2, 0.25) is 0 Å². The Morgan fingerprint density at radius 2 is 1.38 bits per heavy atom. The maximum atomic E-state index is 14.7. The lowest BCUT2D eigenvalue weighted by Crippen LogP contribution is -2.59. The van der Waals surface area contributed by atoms with Crippen LogP contribution < -0.4 is 32.3 Å². The average Bonchev–Trinajstić information content (AvgIpc) is 4.22. The van der Waals surface area contributed by atoms with Gasteiger partial charge in [0.15, 0.2) is 0 Å². The van der Waals surface area contributed by atoms with Crippen LogP contribution in [0.3, 0.4) is 0 Å². The monoisotopic (exact) mass is 1140 g/mol. The Morgan fingerprint density at radius 3 is 2.00 bits per heavy atom. The Morgan fingerprint density at radius 1 is 0.753 bits per heavy atom. The minimum Gasteiger partial charge on any atom is -0.508 e. The first-order valence-electron chi connectivity index (χ1n) is 26.2. The fourth-order valence-corrected chi connectivity index (χ4v) is 9.74. The van der Waals surface area contributed by atoms with Crippen molar-refractivity contribution < 1.29 is 69.4 Å². The summed E-state index contributed by atoms with van der Waals surface area (Å²) in [5, 5.41) is 23.3. The largest absolute Gasteiger partial charge is 0.508 e. The number of nitrogens with one attached hydrogen (secondary N) is 6. The van der Waals surface area contributed by atoms with E-state index in [4.69, 9.17) is 5.73 Å². The molecule has 6 atom stereocenters. The number of H-pyrrole nitrogens is 1. The number of halogens is 7. The Hall–Kier alpha value is -8.02. The van der Waals surface area contributed by atoms with Gasteiger partial charge in [-0.05, 0) is 134 Å². The van der Waals surface area contributed by atoms with Crippen molar-refractivity contribution in [1.29, 1.82) is 0 Å². The second-order valence-corrected chi connectivity index (χ2v) is 20.8. The molecule has 7 amide bonds. The van der Waals surface area contributed by atoms with E-state index >= 15 is 0 Å². The molecule has 0 bridgehead atoms. The molecule has 1 aliphatic rings. The minimum absolute atomic E-state index is 0.00539. The number of fused-ring (bicyclic) bond motifs is 1. The van der Waals surface area contributed by atoms with Gasteiger partial charge in [-0.25, -0.2) is 4.39 Å². The number of alkyl halides is 6. The maximum Gasteiger partial charge on any atom is 0.416 e. The summed E-state index contributed by atoms with van der Waals surface area (Å²) in [5.41, 5.74) is 6.29. The molecule has 1 saturated heterocycles. The number of phenols is 1. The van der Waals surface area contributed by atoms with Crippen molar-refractivity contribution in [2.75, 3.05) is 20.1 Å². The van der Waals surface area contributed by atoms with Gasteiger partial charge in [0.25, 0.3) is 0 Å². The van der Waals surface area contributed by atoms with E-state index in [2.05, 4.69) is 31.6 Å². The van der Waals surface area contributed by atoms with Crippen LogP contribution in [0, 0.1) is 25.6 Å². The van der Waals surface area contributed by atoms with Crippen LogP contribution >= 0.6 is 0 Å². The molecule has 6 rings (SSSR count).